The van der Waals surface area contributed by atoms with Gasteiger partial charge in [-0.15, -0.1) is 11.8 Å². The van der Waals surface area contributed by atoms with E-state index in [4.69, 9.17) is 4.74 Å². The van der Waals surface area contributed by atoms with Gasteiger partial charge in [-0.3, -0.25) is 4.90 Å². The van der Waals surface area contributed by atoms with Gasteiger partial charge in [0.15, 0.2) is 0 Å². The van der Waals surface area contributed by atoms with E-state index in [1.807, 2.05) is 19.2 Å². The third kappa shape index (κ3) is 6.74. The second-order valence-electron chi connectivity index (χ2n) is 8.32. The van der Waals surface area contributed by atoms with Crippen LogP contribution in [0.2, 0.25) is 0 Å². The van der Waals surface area contributed by atoms with E-state index in [0.717, 1.165) is 31.0 Å². The standard InChI is InChI=1S/C25H37N3OS/c1-20(2)28-14-5-13-27(16-17-28)15-12-21-6-11-25(22(18-21)19-26-3)29-23-7-9-24(30-4)10-8-23/h6-11,18,20,26H,5,12-17,19H2,1-4H3. The lowest BCUT2D eigenvalue weighted by atomic mass is 10.1. The summed E-state index contributed by atoms with van der Waals surface area (Å²) < 4.78 is 6.20. The van der Waals surface area contributed by atoms with Gasteiger partial charge in [0.1, 0.15) is 11.5 Å². The molecule has 0 unspecified atom stereocenters. The topological polar surface area (TPSA) is 27.7 Å². The van der Waals surface area contributed by atoms with E-state index in [9.17, 15) is 0 Å². The number of benzene rings is 2. The lowest BCUT2D eigenvalue weighted by molar-refractivity contribution is 0.221. The van der Waals surface area contributed by atoms with Crippen molar-refractivity contribution >= 4 is 11.8 Å². The van der Waals surface area contributed by atoms with Crippen LogP contribution in [0.4, 0.5) is 0 Å². The van der Waals surface area contributed by atoms with Crippen molar-refractivity contribution in [2.45, 2.75) is 44.2 Å². The summed E-state index contributed by atoms with van der Waals surface area (Å²) >= 11 is 1.74. The maximum absolute atomic E-state index is 6.20. The van der Waals surface area contributed by atoms with E-state index in [1.54, 1.807) is 11.8 Å². The van der Waals surface area contributed by atoms with Crippen LogP contribution in [-0.2, 0) is 13.0 Å². The first-order valence-electron chi connectivity index (χ1n) is 11.1. The molecule has 0 radical (unpaired) electrons. The number of hydrogen-bond donors (Lipinski definition) is 1. The minimum absolute atomic E-state index is 0.651. The largest absolute Gasteiger partial charge is 0.457 e. The third-order valence-electron chi connectivity index (χ3n) is 5.85. The smallest absolute Gasteiger partial charge is 0.131 e. The molecule has 3 rings (SSSR count). The Morgan fingerprint density at radius 1 is 1.03 bits per heavy atom. The fourth-order valence-corrected chi connectivity index (χ4v) is 4.41. The van der Waals surface area contributed by atoms with Gasteiger partial charge in [0.2, 0.25) is 0 Å². The molecule has 2 aromatic carbocycles. The van der Waals surface area contributed by atoms with Crippen LogP contribution in [0.25, 0.3) is 0 Å². The Hall–Kier alpha value is -1.53. The summed E-state index contributed by atoms with van der Waals surface area (Å²) in [4.78, 5) is 6.47. The molecule has 1 aliphatic rings. The Morgan fingerprint density at radius 2 is 1.83 bits per heavy atom. The van der Waals surface area contributed by atoms with Gasteiger partial charge >= 0.3 is 0 Å². The van der Waals surface area contributed by atoms with Crippen molar-refractivity contribution in [1.82, 2.24) is 15.1 Å². The first-order chi connectivity index (χ1) is 14.6. The summed E-state index contributed by atoms with van der Waals surface area (Å²) in [6.45, 7) is 11.3. The number of hydrogen-bond acceptors (Lipinski definition) is 5. The highest BCUT2D eigenvalue weighted by molar-refractivity contribution is 7.98. The van der Waals surface area contributed by atoms with E-state index in [0.29, 0.717) is 6.04 Å². The number of nitrogens with one attached hydrogen (secondary N) is 1. The molecule has 2 aromatic rings. The number of rotatable bonds is 9. The predicted octanol–water partition coefficient (Wildman–Crippen LogP) is 4.88. The summed E-state index contributed by atoms with van der Waals surface area (Å²) in [6, 6.07) is 15.6. The summed E-state index contributed by atoms with van der Waals surface area (Å²) in [5.74, 6) is 1.82. The average Bonchev–Trinajstić information content (AvgIpc) is 3.00. The van der Waals surface area contributed by atoms with Crippen LogP contribution in [0, 0.1) is 0 Å². The second-order valence-corrected chi connectivity index (χ2v) is 9.20. The van der Waals surface area contributed by atoms with Gasteiger partial charge in [-0.1, -0.05) is 12.1 Å². The van der Waals surface area contributed by atoms with Gasteiger partial charge in [0.25, 0.3) is 0 Å². The molecule has 5 heteroatoms. The van der Waals surface area contributed by atoms with Crippen molar-refractivity contribution in [3.63, 3.8) is 0 Å². The van der Waals surface area contributed by atoms with E-state index >= 15 is 0 Å². The van der Waals surface area contributed by atoms with Gasteiger partial charge in [-0.2, -0.15) is 0 Å². The molecule has 0 saturated carbocycles. The lowest BCUT2D eigenvalue weighted by Crippen LogP contribution is -2.35. The first kappa shape index (κ1) is 23.1. The molecule has 0 spiro atoms. The van der Waals surface area contributed by atoms with Gasteiger partial charge in [0.05, 0.1) is 0 Å². The normalized spacial score (nSPS) is 16.0. The monoisotopic (exact) mass is 427 g/mol. The highest BCUT2D eigenvalue weighted by atomic mass is 32.2. The van der Waals surface area contributed by atoms with Crippen LogP contribution in [0.5, 0.6) is 11.5 Å². The van der Waals surface area contributed by atoms with Crippen LogP contribution < -0.4 is 10.1 Å². The van der Waals surface area contributed by atoms with E-state index in [-0.39, 0.29) is 0 Å². The SMILES string of the molecule is CNCc1cc(CCN2CCCN(C(C)C)CC2)ccc1Oc1ccc(SC)cc1. The molecule has 0 amide bonds. The highest BCUT2D eigenvalue weighted by Crippen LogP contribution is 2.28. The van der Waals surface area contributed by atoms with Gasteiger partial charge in [-0.25, -0.2) is 0 Å². The van der Waals surface area contributed by atoms with Gasteiger partial charge < -0.3 is 15.0 Å². The predicted molar refractivity (Wildman–Crippen MR) is 129 cm³/mol. The minimum atomic E-state index is 0.651. The molecule has 0 aromatic heterocycles. The fraction of sp³-hybridized carbons (Fsp3) is 0.520. The zero-order valence-electron chi connectivity index (χ0n) is 19.0. The summed E-state index contributed by atoms with van der Waals surface area (Å²) in [5.41, 5.74) is 2.60. The Balaban J connectivity index is 1.61. The van der Waals surface area contributed by atoms with Crippen LogP contribution in [-0.4, -0.2) is 61.9 Å². The number of nitrogens with zero attached hydrogens (tertiary/aromatic N) is 2. The lowest BCUT2D eigenvalue weighted by Gasteiger charge is -2.25. The van der Waals surface area contributed by atoms with Crippen molar-refractivity contribution < 1.29 is 4.74 Å². The molecule has 1 N–H and O–H groups in total. The van der Waals surface area contributed by atoms with Crippen molar-refractivity contribution in [1.29, 1.82) is 0 Å². The van der Waals surface area contributed by atoms with E-state index in [2.05, 4.69) is 65.6 Å². The molecule has 4 nitrogen and oxygen atoms in total. The molecule has 0 aliphatic carbocycles. The van der Waals surface area contributed by atoms with Crippen LogP contribution in [0.15, 0.2) is 47.4 Å². The fourth-order valence-electron chi connectivity index (χ4n) is 4.01. The van der Waals surface area contributed by atoms with Gasteiger partial charge in [-0.05, 0) is 89.0 Å². The highest BCUT2D eigenvalue weighted by Gasteiger charge is 2.16. The third-order valence-corrected chi connectivity index (χ3v) is 6.59. The van der Waals surface area contributed by atoms with E-state index in [1.165, 1.54) is 48.6 Å². The van der Waals surface area contributed by atoms with Gasteiger partial charge in [0, 0.05) is 42.7 Å². The van der Waals surface area contributed by atoms with Crippen molar-refractivity contribution in [3.05, 3.63) is 53.6 Å². The first-order valence-corrected chi connectivity index (χ1v) is 12.4. The second kappa shape index (κ2) is 11.8. The molecular weight excluding hydrogens is 390 g/mol. The molecule has 30 heavy (non-hydrogen) atoms. The van der Waals surface area contributed by atoms with E-state index < -0.39 is 0 Å². The minimum Gasteiger partial charge on any atom is -0.457 e. The zero-order valence-corrected chi connectivity index (χ0v) is 19.8. The van der Waals surface area contributed by atoms with Crippen LogP contribution in [0.1, 0.15) is 31.4 Å². The Kier molecular flexibility index (Phi) is 9.06. The molecular formula is C25H37N3OS. The number of ether oxygens (including phenoxy) is 1. The van der Waals surface area contributed by atoms with Crippen molar-refractivity contribution in [2.24, 2.45) is 0 Å². The van der Waals surface area contributed by atoms with Crippen molar-refractivity contribution in [3.8, 4) is 11.5 Å². The molecule has 1 heterocycles. The van der Waals surface area contributed by atoms with Crippen LogP contribution >= 0.6 is 11.8 Å². The Morgan fingerprint density at radius 3 is 2.53 bits per heavy atom. The quantitative estimate of drug-likeness (QED) is 0.576. The molecule has 1 saturated heterocycles. The Bertz CT molecular complexity index is 778. The molecule has 164 valence electrons. The molecule has 1 aliphatic heterocycles. The zero-order chi connectivity index (χ0) is 21.3. The Labute approximate surface area is 187 Å². The molecule has 0 atom stereocenters. The van der Waals surface area contributed by atoms with Crippen molar-refractivity contribution in [2.75, 3.05) is 46.0 Å². The maximum atomic E-state index is 6.20. The average molecular weight is 428 g/mol. The maximum Gasteiger partial charge on any atom is 0.131 e. The van der Waals surface area contributed by atoms with Crippen LogP contribution in [0.3, 0.4) is 0 Å². The molecule has 0 bridgehead atoms. The summed E-state index contributed by atoms with van der Waals surface area (Å²) in [7, 11) is 1.99. The molecule has 1 fully saturated rings. The number of thioether (sulfide) groups is 1. The summed E-state index contributed by atoms with van der Waals surface area (Å²) in [6.07, 6.45) is 4.44. The summed E-state index contributed by atoms with van der Waals surface area (Å²) in [5, 5.41) is 3.29.